The zero-order valence-corrected chi connectivity index (χ0v) is 21.5. The lowest BCUT2D eigenvalue weighted by atomic mass is 9.94. The van der Waals surface area contributed by atoms with Gasteiger partial charge in [-0.15, -0.1) is 0 Å². The molecule has 1 fully saturated rings. The largest absolute Gasteiger partial charge is 0.481 e. The molecule has 38 heavy (non-hydrogen) atoms. The molecule has 3 aromatic heterocycles. The van der Waals surface area contributed by atoms with Gasteiger partial charge in [-0.2, -0.15) is 4.99 Å². The first kappa shape index (κ1) is 25.4. The molecule has 9 nitrogen and oxygen atoms in total. The smallest absolute Gasteiger partial charge is 0.341 e. The maximum absolute atomic E-state index is 13.5. The van der Waals surface area contributed by atoms with Crippen molar-refractivity contribution in [1.29, 1.82) is 0 Å². The summed E-state index contributed by atoms with van der Waals surface area (Å²) >= 11 is 0. The first-order valence-corrected chi connectivity index (χ1v) is 13.0. The SMILES string of the molecule is CCOC(=O)c1cc2c(=O)n3ccccc3nc2n(C2CCCCC2)c1=NC(=O)C(C)Oc1ccccc1. The highest BCUT2D eigenvalue weighted by atomic mass is 16.5. The van der Waals surface area contributed by atoms with E-state index in [1.165, 1.54) is 10.5 Å². The fourth-order valence-corrected chi connectivity index (χ4v) is 4.95. The molecule has 0 spiro atoms. The van der Waals surface area contributed by atoms with Crippen LogP contribution in [0.15, 0.2) is 70.6 Å². The number of aromatic nitrogens is 3. The summed E-state index contributed by atoms with van der Waals surface area (Å²) in [6.07, 6.45) is 5.43. The number of nitrogens with zero attached hydrogens (tertiary/aromatic N) is 4. The van der Waals surface area contributed by atoms with Gasteiger partial charge in [0.15, 0.2) is 11.6 Å². The van der Waals surface area contributed by atoms with E-state index in [2.05, 4.69) is 4.99 Å². The third-order valence-corrected chi connectivity index (χ3v) is 6.79. The molecule has 0 bridgehead atoms. The molecule has 5 rings (SSSR count). The summed E-state index contributed by atoms with van der Waals surface area (Å²) in [5, 5.41) is 0.266. The molecule has 1 atom stereocenters. The van der Waals surface area contributed by atoms with Gasteiger partial charge in [0.05, 0.1) is 12.0 Å². The van der Waals surface area contributed by atoms with E-state index >= 15 is 0 Å². The Kier molecular flexibility index (Phi) is 7.35. The maximum Gasteiger partial charge on any atom is 0.341 e. The maximum atomic E-state index is 13.5. The molecule has 1 aliphatic rings. The second kappa shape index (κ2) is 11.0. The minimum Gasteiger partial charge on any atom is -0.481 e. The Bertz CT molecular complexity index is 1620. The second-order valence-electron chi connectivity index (χ2n) is 9.37. The van der Waals surface area contributed by atoms with Crippen LogP contribution in [0.4, 0.5) is 0 Å². The number of esters is 1. The van der Waals surface area contributed by atoms with Crippen LogP contribution in [0.25, 0.3) is 16.7 Å². The zero-order valence-electron chi connectivity index (χ0n) is 21.5. The molecule has 0 radical (unpaired) electrons. The third kappa shape index (κ3) is 4.96. The molecule has 9 heteroatoms. The Hall–Kier alpha value is -4.27. The van der Waals surface area contributed by atoms with Crippen molar-refractivity contribution < 1.29 is 19.1 Å². The fourth-order valence-electron chi connectivity index (χ4n) is 4.95. The summed E-state index contributed by atoms with van der Waals surface area (Å²) in [5.41, 5.74) is 0.753. The van der Waals surface area contributed by atoms with E-state index in [0.29, 0.717) is 17.0 Å². The van der Waals surface area contributed by atoms with Gasteiger partial charge in [-0.25, -0.2) is 9.78 Å². The van der Waals surface area contributed by atoms with Crippen molar-refractivity contribution >= 4 is 28.6 Å². The minimum absolute atomic E-state index is 0.0555. The van der Waals surface area contributed by atoms with Gasteiger partial charge < -0.3 is 14.0 Å². The Morgan fingerprint density at radius 1 is 1.08 bits per heavy atom. The molecule has 196 valence electrons. The summed E-state index contributed by atoms with van der Waals surface area (Å²) < 4.78 is 14.4. The van der Waals surface area contributed by atoms with Gasteiger partial charge in [-0.05, 0) is 57.0 Å². The number of hydrogen-bond donors (Lipinski definition) is 0. The van der Waals surface area contributed by atoms with Crippen molar-refractivity contribution in [1.82, 2.24) is 14.0 Å². The molecule has 1 amide bonds. The van der Waals surface area contributed by atoms with Crippen LogP contribution in [0.2, 0.25) is 0 Å². The highest BCUT2D eigenvalue weighted by Crippen LogP contribution is 2.29. The van der Waals surface area contributed by atoms with E-state index in [4.69, 9.17) is 14.5 Å². The van der Waals surface area contributed by atoms with E-state index in [-0.39, 0.29) is 34.6 Å². The van der Waals surface area contributed by atoms with Crippen LogP contribution in [0.1, 0.15) is 62.4 Å². The Labute approximate surface area is 219 Å². The van der Waals surface area contributed by atoms with Crippen molar-refractivity contribution in [3.63, 3.8) is 0 Å². The average Bonchev–Trinajstić information content (AvgIpc) is 2.94. The van der Waals surface area contributed by atoms with E-state index < -0.39 is 18.0 Å². The number of pyridine rings is 2. The summed E-state index contributed by atoms with van der Waals surface area (Å²) in [6.45, 7) is 3.46. The summed E-state index contributed by atoms with van der Waals surface area (Å²) in [6, 6.07) is 15.7. The lowest BCUT2D eigenvalue weighted by Crippen LogP contribution is -2.37. The van der Waals surface area contributed by atoms with Crippen molar-refractivity contribution in [2.75, 3.05) is 6.61 Å². The lowest BCUT2D eigenvalue weighted by Gasteiger charge is -2.27. The van der Waals surface area contributed by atoms with Crippen LogP contribution < -0.4 is 15.8 Å². The molecule has 1 aromatic carbocycles. The standard InChI is InChI=1S/C29H30N4O5/c1-3-37-29(36)23-18-22-25(30-24-16-10-11-17-32(24)28(22)35)33(20-12-6-4-7-13-20)26(23)31-27(34)19(2)38-21-14-8-5-9-15-21/h5,8-11,14-20H,3-4,6-7,12-13H2,1-2H3. The quantitative estimate of drug-likeness (QED) is 0.282. The topological polar surface area (TPSA) is 104 Å². The van der Waals surface area contributed by atoms with Crippen molar-refractivity contribution in [2.24, 2.45) is 4.99 Å². The highest BCUT2D eigenvalue weighted by molar-refractivity contribution is 5.94. The number of para-hydroxylation sites is 1. The van der Waals surface area contributed by atoms with Crippen LogP contribution in [0.5, 0.6) is 5.75 Å². The predicted octanol–water partition coefficient (Wildman–Crippen LogP) is 4.23. The number of hydrogen-bond acceptors (Lipinski definition) is 6. The molecule has 0 N–H and O–H groups in total. The number of ether oxygens (including phenoxy) is 2. The lowest BCUT2D eigenvalue weighted by molar-refractivity contribution is -0.124. The molecule has 1 aliphatic carbocycles. The Morgan fingerprint density at radius 3 is 2.55 bits per heavy atom. The fraction of sp³-hybridized carbons (Fsp3) is 0.345. The number of carbonyl (C=O) groups excluding carboxylic acids is 2. The monoisotopic (exact) mass is 514 g/mol. The van der Waals surface area contributed by atoms with Gasteiger partial charge >= 0.3 is 5.97 Å². The molecular weight excluding hydrogens is 484 g/mol. The highest BCUT2D eigenvalue weighted by Gasteiger charge is 2.26. The first-order chi connectivity index (χ1) is 18.5. The molecular formula is C29H30N4O5. The molecule has 3 heterocycles. The van der Waals surface area contributed by atoms with E-state index in [9.17, 15) is 14.4 Å². The normalized spacial score (nSPS) is 15.5. The van der Waals surface area contributed by atoms with Gasteiger partial charge in [-0.3, -0.25) is 14.0 Å². The first-order valence-electron chi connectivity index (χ1n) is 13.0. The van der Waals surface area contributed by atoms with Crippen molar-refractivity contribution in [3.05, 3.63) is 82.2 Å². The van der Waals surface area contributed by atoms with Gasteiger partial charge in [0, 0.05) is 12.2 Å². The molecule has 1 saturated carbocycles. The number of benzene rings is 1. The van der Waals surface area contributed by atoms with E-state index in [0.717, 1.165) is 32.1 Å². The summed E-state index contributed by atoms with van der Waals surface area (Å²) in [5.74, 6) is -0.672. The van der Waals surface area contributed by atoms with Crippen molar-refractivity contribution in [3.8, 4) is 5.75 Å². The molecule has 1 unspecified atom stereocenters. The minimum atomic E-state index is -0.905. The zero-order chi connectivity index (χ0) is 26.6. The van der Waals surface area contributed by atoms with Crippen LogP contribution in [-0.4, -0.2) is 38.5 Å². The molecule has 4 aromatic rings. The van der Waals surface area contributed by atoms with Crippen LogP contribution in [-0.2, 0) is 9.53 Å². The number of rotatable bonds is 6. The van der Waals surface area contributed by atoms with E-state index in [1.54, 1.807) is 44.3 Å². The van der Waals surface area contributed by atoms with Gasteiger partial charge in [-0.1, -0.05) is 43.5 Å². The Morgan fingerprint density at radius 2 is 1.82 bits per heavy atom. The summed E-state index contributed by atoms with van der Waals surface area (Å²) in [7, 11) is 0. The van der Waals surface area contributed by atoms with Gasteiger partial charge in [0.2, 0.25) is 0 Å². The van der Waals surface area contributed by atoms with Crippen LogP contribution in [0, 0.1) is 0 Å². The molecule has 0 aliphatic heterocycles. The van der Waals surface area contributed by atoms with Gasteiger partial charge in [0.25, 0.3) is 11.5 Å². The predicted molar refractivity (Wildman–Crippen MR) is 142 cm³/mol. The van der Waals surface area contributed by atoms with Crippen LogP contribution >= 0.6 is 0 Å². The van der Waals surface area contributed by atoms with Crippen LogP contribution in [0.3, 0.4) is 0 Å². The summed E-state index contributed by atoms with van der Waals surface area (Å²) in [4.78, 5) is 49.3. The third-order valence-electron chi connectivity index (χ3n) is 6.79. The van der Waals surface area contributed by atoms with Crippen molar-refractivity contribution in [2.45, 2.75) is 58.1 Å². The molecule has 0 saturated heterocycles. The average molecular weight is 515 g/mol. The van der Waals surface area contributed by atoms with E-state index in [1.807, 2.05) is 28.8 Å². The number of fused-ring (bicyclic) bond motifs is 2. The number of amides is 1. The van der Waals surface area contributed by atoms with Gasteiger partial charge in [0.1, 0.15) is 22.6 Å². The Balaban J connectivity index is 1.78. The number of carbonyl (C=O) groups is 2. The second-order valence-corrected chi connectivity index (χ2v) is 9.37.